The zero-order valence-electron chi connectivity index (χ0n) is 12.2. The highest BCUT2D eigenvalue weighted by atomic mass is 79.9. The van der Waals surface area contributed by atoms with E-state index in [1.165, 1.54) is 5.56 Å². The Bertz CT molecular complexity index is 586. The second-order valence-electron chi connectivity index (χ2n) is 4.83. The van der Waals surface area contributed by atoms with Crippen LogP contribution < -0.4 is 10.1 Å². The second-order valence-corrected chi connectivity index (χ2v) is 6.15. The molecule has 0 aliphatic heterocycles. The maximum Gasteiger partial charge on any atom is 0.118 e. The fourth-order valence-electron chi connectivity index (χ4n) is 2.32. The molecule has 112 valence electrons. The lowest BCUT2D eigenvalue weighted by Crippen LogP contribution is -2.23. The van der Waals surface area contributed by atoms with Crippen molar-refractivity contribution in [1.29, 1.82) is 0 Å². The van der Waals surface area contributed by atoms with Crippen molar-refractivity contribution >= 4 is 27.5 Å². The summed E-state index contributed by atoms with van der Waals surface area (Å²) in [5.41, 5.74) is 2.37. The molecule has 0 fully saturated rings. The molecule has 2 aromatic carbocycles. The van der Waals surface area contributed by atoms with E-state index < -0.39 is 0 Å². The molecule has 2 nitrogen and oxygen atoms in total. The first-order valence-electron chi connectivity index (χ1n) is 6.95. The molecule has 0 amide bonds. The van der Waals surface area contributed by atoms with Crippen molar-refractivity contribution in [3.8, 4) is 5.75 Å². The minimum absolute atomic E-state index is 0.198. The predicted octanol–water partition coefficient (Wildman–Crippen LogP) is 5.00. The number of likely N-dealkylation sites (N-methyl/N-ethyl adjacent to an activating group) is 1. The summed E-state index contributed by atoms with van der Waals surface area (Å²) < 4.78 is 6.19. The third-order valence-corrected chi connectivity index (χ3v) is 4.21. The Morgan fingerprint density at radius 1 is 1.19 bits per heavy atom. The molecule has 2 rings (SSSR count). The molecule has 0 aliphatic rings. The monoisotopic (exact) mass is 367 g/mol. The molecule has 0 radical (unpaired) electrons. The molecule has 0 spiro atoms. The van der Waals surface area contributed by atoms with Crippen molar-refractivity contribution in [3.05, 3.63) is 63.1 Å². The van der Waals surface area contributed by atoms with Gasteiger partial charge in [0.25, 0.3) is 0 Å². The highest BCUT2D eigenvalue weighted by Crippen LogP contribution is 2.29. The molecule has 0 aromatic heterocycles. The SMILES string of the molecule is CCNC(Cc1ccc(OC)cc1)c1ccc(Br)cc1Cl. The highest BCUT2D eigenvalue weighted by Gasteiger charge is 2.14. The number of hydrogen-bond acceptors (Lipinski definition) is 2. The van der Waals surface area contributed by atoms with Crippen LogP contribution in [0.1, 0.15) is 24.1 Å². The van der Waals surface area contributed by atoms with Gasteiger partial charge in [-0.15, -0.1) is 0 Å². The summed E-state index contributed by atoms with van der Waals surface area (Å²) in [5, 5.41) is 4.29. The maximum atomic E-state index is 6.38. The van der Waals surface area contributed by atoms with E-state index in [2.05, 4.69) is 46.4 Å². The smallest absolute Gasteiger partial charge is 0.118 e. The van der Waals surface area contributed by atoms with Gasteiger partial charge in [0.1, 0.15) is 5.75 Å². The summed E-state index contributed by atoms with van der Waals surface area (Å²) in [6.07, 6.45) is 0.888. The van der Waals surface area contributed by atoms with Gasteiger partial charge < -0.3 is 10.1 Å². The van der Waals surface area contributed by atoms with Gasteiger partial charge >= 0.3 is 0 Å². The summed E-state index contributed by atoms with van der Waals surface area (Å²) in [5.74, 6) is 0.875. The van der Waals surface area contributed by atoms with Crippen LogP contribution in [0.4, 0.5) is 0 Å². The average molecular weight is 369 g/mol. The molecule has 0 heterocycles. The van der Waals surface area contributed by atoms with Gasteiger partial charge in [0.15, 0.2) is 0 Å². The Hall–Kier alpha value is -1.03. The molecule has 21 heavy (non-hydrogen) atoms. The van der Waals surface area contributed by atoms with Crippen LogP contribution in [-0.4, -0.2) is 13.7 Å². The van der Waals surface area contributed by atoms with Gasteiger partial charge in [-0.2, -0.15) is 0 Å². The van der Waals surface area contributed by atoms with E-state index in [0.29, 0.717) is 0 Å². The first-order chi connectivity index (χ1) is 10.1. The van der Waals surface area contributed by atoms with E-state index in [4.69, 9.17) is 16.3 Å². The van der Waals surface area contributed by atoms with Crippen LogP contribution in [0.3, 0.4) is 0 Å². The largest absolute Gasteiger partial charge is 0.497 e. The number of hydrogen-bond donors (Lipinski definition) is 1. The molecular formula is C17H19BrClNO. The Morgan fingerprint density at radius 3 is 2.48 bits per heavy atom. The number of ether oxygens (including phenoxy) is 1. The van der Waals surface area contributed by atoms with Crippen molar-refractivity contribution in [2.75, 3.05) is 13.7 Å². The zero-order chi connectivity index (χ0) is 15.2. The highest BCUT2D eigenvalue weighted by molar-refractivity contribution is 9.10. The van der Waals surface area contributed by atoms with E-state index in [-0.39, 0.29) is 6.04 Å². The molecule has 4 heteroatoms. The van der Waals surface area contributed by atoms with E-state index in [1.54, 1.807) is 7.11 Å². The lowest BCUT2D eigenvalue weighted by Gasteiger charge is -2.20. The third-order valence-electron chi connectivity index (χ3n) is 3.39. The number of methoxy groups -OCH3 is 1. The topological polar surface area (TPSA) is 21.3 Å². The van der Waals surface area contributed by atoms with Crippen molar-refractivity contribution in [2.24, 2.45) is 0 Å². The number of rotatable bonds is 6. The van der Waals surface area contributed by atoms with Crippen LogP contribution in [0.15, 0.2) is 46.9 Å². The van der Waals surface area contributed by atoms with Crippen molar-refractivity contribution in [3.63, 3.8) is 0 Å². The Kier molecular flexibility index (Phi) is 6.09. The zero-order valence-corrected chi connectivity index (χ0v) is 14.5. The number of benzene rings is 2. The first-order valence-corrected chi connectivity index (χ1v) is 8.12. The molecule has 0 saturated carbocycles. The fraction of sp³-hybridized carbons (Fsp3) is 0.294. The van der Waals surface area contributed by atoms with Crippen LogP contribution >= 0.6 is 27.5 Å². The van der Waals surface area contributed by atoms with Crippen molar-refractivity contribution < 1.29 is 4.74 Å². The van der Waals surface area contributed by atoms with Crippen LogP contribution in [0.5, 0.6) is 5.75 Å². The van der Waals surface area contributed by atoms with Crippen LogP contribution in [-0.2, 0) is 6.42 Å². The summed E-state index contributed by atoms with van der Waals surface area (Å²) in [4.78, 5) is 0. The van der Waals surface area contributed by atoms with Gasteiger partial charge in [0.05, 0.1) is 7.11 Å². The molecule has 1 N–H and O–H groups in total. The van der Waals surface area contributed by atoms with Crippen LogP contribution in [0.2, 0.25) is 5.02 Å². The Balaban J connectivity index is 2.21. The quantitative estimate of drug-likeness (QED) is 0.774. The van der Waals surface area contributed by atoms with Gasteiger partial charge in [-0.1, -0.05) is 52.7 Å². The minimum atomic E-state index is 0.198. The van der Waals surface area contributed by atoms with E-state index in [0.717, 1.165) is 33.8 Å². The van der Waals surface area contributed by atoms with E-state index >= 15 is 0 Å². The molecule has 2 aromatic rings. The van der Waals surface area contributed by atoms with Crippen LogP contribution in [0, 0.1) is 0 Å². The Labute approximate surface area is 139 Å². The normalized spacial score (nSPS) is 12.2. The lowest BCUT2D eigenvalue weighted by molar-refractivity contribution is 0.414. The summed E-state index contributed by atoms with van der Waals surface area (Å²) in [6, 6.07) is 14.4. The van der Waals surface area contributed by atoms with Crippen molar-refractivity contribution in [2.45, 2.75) is 19.4 Å². The lowest BCUT2D eigenvalue weighted by atomic mass is 9.98. The summed E-state index contributed by atoms with van der Waals surface area (Å²) in [7, 11) is 1.68. The molecule has 0 saturated heterocycles. The van der Waals surface area contributed by atoms with Gasteiger partial charge in [0, 0.05) is 15.5 Å². The van der Waals surface area contributed by atoms with Gasteiger partial charge in [-0.3, -0.25) is 0 Å². The van der Waals surface area contributed by atoms with E-state index in [9.17, 15) is 0 Å². The molecule has 1 unspecified atom stereocenters. The van der Waals surface area contributed by atoms with Crippen molar-refractivity contribution in [1.82, 2.24) is 5.32 Å². The Morgan fingerprint density at radius 2 is 1.90 bits per heavy atom. The molecular weight excluding hydrogens is 350 g/mol. The third kappa shape index (κ3) is 4.47. The maximum absolute atomic E-state index is 6.38. The second kappa shape index (κ2) is 7.83. The summed E-state index contributed by atoms with van der Waals surface area (Å²) >= 11 is 9.83. The minimum Gasteiger partial charge on any atom is -0.497 e. The fourth-order valence-corrected chi connectivity index (χ4v) is 3.13. The molecule has 0 aliphatic carbocycles. The summed E-state index contributed by atoms with van der Waals surface area (Å²) in [6.45, 7) is 3.00. The van der Waals surface area contributed by atoms with Gasteiger partial charge in [0.2, 0.25) is 0 Å². The number of halogens is 2. The standard InChI is InChI=1S/C17H19BrClNO/c1-3-20-17(15-9-6-13(18)11-16(15)19)10-12-4-7-14(21-2)8-5-12/h4-9,11,17,20H,3,10H2,1-2H3. The molecule has 1 atom stereocenters. The van der Waals surface area contributed by atoms with Gasteiger partial charge in [-0.25, -0.2) is 0 Å². The predicted molar refractivity (Wildman–Crippen MR) is 92.3 cm³/mol. The molecule has 0 bridgehead atoms. The van der Waals surface area contributed by atoms with Gasteiger partial charge in [-0.05, 0) is 48.4 Å². The average Bonchev–Trinajstić information content (AvgIpc) is 2.48. The van der Waals surface area contributed by atoms with Crippen LogP contribution in [0.25, 0.3) is 0 Å². The van der Waals surface area contributed by atoms with E-state index in [1.807, 2.05) is 24.3 Å². The first kappa shape index (κ1) is 16.3. The number of nitrogens with one attached hydrogen (secondary N) is 1.